The van der Waals surface area contributed by atoms with Gasteiger partial charge in [0.05, 0.1) is 30.9 Å². The molecule has 0 saturated carbocycles. The number of morpholine rings is 1. The molecule has 2 amide bonds. The van der Waals surface area contributed by atoms with Gasteiger partial charge in [0.1, 0.15) is 5.52 Å². The summed E-state index contributed by atoms with van der Waals surface area (Å²) in [6.07, 6.45) is 3.77. The molecule has 2 aliphatic heterocycles. The number of nitrogens with one attached hydrogen (secondary N) is 1. The lowest BCUT2D eigenvalue weighted by atomic mass is 10.1. The summed E-state index contributed by atoms with van der Waals surface area (Å²) in [5.41, 5.74) is 5.84. The van der Waals surface area contributed by atoms with Gasteiger partial charge in [-0.3, -0.25) is 0 Å². The van der Waals surface area contributed by atoms with Gasteiger partial charge in [-0.25, -0.2) is 19.4 Å². The highest BCUT2D eigenvalue weighted by Gasteiger charge is 2.22. The fourth-order valence-corrected chi connectivity index (χ4v) is 4.69. The maximum atomic E-state index is 12.0. The van der Waals surface area contributed by atoms with Crippen LogP contribution in [-0.2, 0) is 11.3 Å². The number of amides is 2. The van der Waals surface area contributed by atoms with Crippen LogP contribution in [-0.4, -0.2) is 81.2 Å². The Morgan fingerprint density at radius 3 is 2.77 bits per heavy atom. The zero-order valence-electron chi connectivity index (χ0n) is 19.7. The fraction of sp³-hybridized carbons (Fsp3) is 0.360. The minimum Gasteiger partial charge on any atom is -0.378 e. The van der Waals surface area contributed by atoms with E-state index in [0.717, 1.165) is 53.6 Å². The Morgan fingerprint density at radius 1 is 1.09 bits per heavy atom. The van der Waals surface area contributed by atoms with Gasteiger partial charge in [0, 0.05) is 57.1 Å². The molecule has 0 radical (unpaired) electrons. The van der Waals surface area contributed by atoms with Crippen LogP contribution in [0.4, 0.5) is 10.5 Å². The van der Waals surface area contributed by atoms with E-state index in [0.29, 0.717) is 32.8 Å². The highest BCUT2D eigenvalue weighted by Crippen LogP contribution is 2.29. The molecule has 1 aromatic carbocycles. The Hall–Kier alpha value is -3.92. The summed E-state index contributed by atoms with van der Waals surface area (Å²) in [5, 5.41) is 7.69. The summed E-state index contributed by atoms with van der Waals surface area (Å²) in [6.45, 7) is 7.68. The SMILES string of the molecule is Cc1cccc(-c2ccn(-c3cc(N4CCOCC4)c4ncn(CCN5CCNC5=O)c4n3)n2)c1. The first-order valence-corrected chi connectivity index (χ1v) is 12.0. The van der Waals surface area contributed by atoms with E-state index in [-0.39, 0.29) is 6.03 Å². The van der Waals surface area contributed by atoms with Crippen molar-refractivity contribution in [1.29, 1.82) is 0 Å². The first-order valence-electron chi connectivity index (χ1n) is 12.0. The summed E-state index contributed by atoms with van der Waals surface area (Å²) in [7, 11) is 0. The molecule has 5 heterocycles. The number of anilines is 1. The molecule has 10 nitrogen and oxygen atoms in total. The Kier molecular flexibility index (Phi) is 5.57. The van der Waals surface area contributed by atoms with Crippen molar-refractivity contribution in [3.63, 3.8) is 0 Å². The summed E-state index contributed by atoms with van der Waals surface area (Å²) < 4.78 is 9.43. The number of ether oxygens (including phenoxy) is 1. The number of hydrogen-bond acceptors (Lipinski definition) is 6. The average molecular weight is 473 g/mol. The number of aromatic nitrogens is 5. The van der Waals surface area contributed by atoms with Crippen LogP contribution in [0.1, 0.15) is 5.56 Å². The highest BCUT2D eigenvalue weighted by atomic mass is 16.5. The van der Waals surface area contributed by atoms with Gasteiger partial charge in [-0.05, 0) is 19.1 Å². The van der Waals surface area contributed by atoms with Crippen molar-refractivity contribution in [3.05, 3.63) is 54.5 Å². The number of nitrogens with zero attached hydrogens (tertiary/aromatic N) is 7. The summed E-state index contributed by atoms with van der Waals surface area (Å²) in [4.78, 5) is 25.8. The molecule has 0 spiro atoms. The normalized spacial score (nSPS) is 16.3. The van der Waals surface area contributed by atoms with Crippen LogP contribution in [0.3, 0.4) is 0 Å². The molecule has 0 atom stereocenters. The Morgan fingerprint density at radius 2 is 1.97 bits per heavy atom. The molecule has 2 saturated heterocycles. The standard InChI is InChI=1S/C25H28N8O2/c1-18-3-2-4-19(15-18)20-5-7-33(29-20)22-16-21(30-11-13-35-14-12-30)23-24(28-22)32(17-27-23)10-9-31-8-6-26-25(31)34/h2-5,7,15-17H,6,8-14H2,1H3,(H,26,34). The van der Waals surface area contributed by atoms with Crippen LogP contribution >= 0.6 is 0 Å². The van der Waals surface area contributed by atoms with E-state index in [4.69, 9.17) is 19.8 Å². The lowest BCUT2D eigenvalue weighted by Gasteiger charge is -2.29. The van der Waals surface area contributed by atoms with Crippen LogP contribution in [0.25, 0.3) is 28.2 Å². The van der Waals surface area contributed by atoms with Gasteiger partial charge >= 0.3 is 6.03 Å². The molecule has 1 N–H and O–H groups in total. The van der Waals surface area contributed by atoms with Crippen LogP contribution in [0.5, 0.6) is 0 Å². The smallest absolute Gasteiger partial charge is 0.317 e. The molecular formula is C25H28N8O2. The predicted octanol–water partition coefficient (Wildman–Crippen LogP) is 2.45. The van der Waals surface area contributed by atoms with E-state index >= 15 is 0 Å². The molecular weight excluding hydrogens is 444 g/mol. The second kappa shape index (κ2) is 9.03. The third kappa shape index (κ3) is 4.21. The lowest BCUT2D eigenvalue weighted by Crippen LogP contribution is -2.36. The molecule has 0 aliphatic carbocycles. The van der Waals surface area contributed by atoms with Crippen LogP contribution in [0, 0.1) is 6.92 Å². The quantitative estimate of drug-likeness (QED) is 0.463. The average Bonchev–Trinajstić information content (AvgIpc) is 3.63. The van der Waals surface area contributed by atoms with Gasteiger partial charge in [-0.15, -0.1) is 0 Å². The number of urea groups is 1. The molecule has 2 fully saturated rings. The van der Waals surface area contributed by atoms with Crippen molar-refractivity contribution in [2.24, 2.45) is 0 Å². The number of carbonyl (C=O) groups excluding carboxylic acids is 1. The molecule has 6 rings (SSSR count). The number of aryl methyl sites for hydroxylation is 1. The third-order valence-electron chi connectivity index (χ3n) is 6.58. The summed E-state index contributed by atoms with van der Waals surface area (Å²) in [5.74, 6) is 0.735. The van der Waals surface area contributed by atoms with Crippen molar-refractivity contribution in [2.45, 2.75) is 13.5 Å². The van der Waals surface area contributed by atoms with Crippen LogP contribution in [0.15, 0.2) is 48.9 Å². The molecule has 4 aromatic rings. The van der Waals surface area contributed by atoms with Crippen molar-refractivity contribution in [3.8, 4) is 17.1 Å². The summed E-state index contributed by atoms with van der Waals surface area (Å²) in [6, 6.07) is 12.4. The molecule has 35 heavy (non-hydrogen) atoms. The largest absolute Gasteiger partial charge is 0.378 e. The Labute approximate surface area is 203 Å². The molecule has 180 valence electrons. The van der Waals surface area contributed by atoms with E-state index in [2.05, 4.69) is 41.4 Å². The van der Waals surface area contributed by atoms with Crippen LogP contribution in [0.2, 0.25) is 0 Å². The number of pyridine rings is 1. The highest BCUT2D eigenvalue weighted by molar-refractivity contribution is 5.87. The second-order valence-corrected chi connectivity index (χ2v) is 8.94. The van der Waals surface area contributed by atoms with E-state index in [9.17, 15) is 4.79 Å². The third-order valence-corrected chi connectivity index (χ3v) is 6.58. The second-order valence-electron chi connectivity index (χ2n) is 8.94. The minimum atomic E-state index is -0.0164. The molecule has 10 heteroatoms. The number of hydrogen-bond donors (Lipinski definition) is 1. The van der Waals surface area contributed by atoms with Gasteiger partial charge in [-0.1, -0.05) is 23.8 Å². The number of fused-ring (bicyclic) bond motifs is 1. The maximum absolute atomic E-state index is 12.0. The van der Waals surface area contributed by atoms with Crippen molar-refractivity contribution >= 4 is 22.9 Å². The fourth-order valence-electron chi connectivity index (χ4n) is 4.69. The Bertz CT molecular complexity index is 1370. The van der Waals surface area contributed by atoms with Gasteiger partial charge in [-0.2, -0.15) is 5.10 Å². The Balaban J connectivity index is 1.38. The molecule has 3 aromatic heterocycles. The first kappa shape index (κ1) is 21.6. The van der Waals surface area contributed by atoms with Crippen LogP contribution < -0.4 is 10.2 Å². The van der Waals surface area contributed by atoms with E-state index in [1.54, 1.807) is 0 Å². The monoisotopic (exact) mass is 472 g/mol. The zero-order valence-corrected chi connectivity index (χ0v) is 19.7. The van der Waals surface area contributed by atoms with Crippen molar-refractivity contribution < 1.29 is 9.53 Å². The van der Waals surface area contributed by atoms with Crippen molar-refractivity contribution in [2.75, 3.05) is 50.8 Å². The number of carbonyl (C=O) groups is 1. The molecule has 0 unspecified atom stereocenters. The van der Waals surface area contributed by atoms with E-state index < -0.39 is 0 Å². The zero-order chi connectivity index (χ0) is 23.8. The predicted molar refractivity (Wildman–Crippen MR) is 133 cm³/mol. The number of rotatable bonds is 6. The van der Waals surface area contributed by atoms with Crippen molar-refractivity contribution in [1.82, 2.24) is 34.5 Å². The molecule has 0 bridgehead atoms. The van der Waals surface area contributed by atoms with Gasteiger partial charge in [0.2, 0.25) is 0 Å². The maximum Gasteiger partial charge on any atom is 0.317 e. The van der Waals surface area contributed by atoms with Gasteiger partial charge in [0.15, 0.2) is 11.5 Å². The van der Waals surface area contributed by atoms with E-state index in [1.807, 2.05) is 38.8 Å². The number of imidazole rings is 1. The number of benzene rings is 1. The summed E-state index contributed by atoms with van der Waals surface area (Å²) >= 11 is 0. The van der Waals surface area contributed by atoms with Gasteiger partial charge < -0.3 is 24.4 Å². The lowest BCUT2D eigenvalue weighted by molar-refractivity contribution is 0.123. The first-order chi connectivity index (χ1) is 17.2. The van der Waals surface area contributed by atoms with Gasteiger partial charge in [0.25, 0.3) is 0 Å². The minimum absolute atomic E-state index is 0.0164. The topological polar surface area (TPSA) is 93.3 Å². The molecule has 2 aliphatic rings. The van der Waals surface area contributed by atoms with E-state index in [1.165, 1.54) is 5.56 Å².